The van der Waals surface area contributed by atoms with Gasteiger partial charge in [-0.15, -0.1) is 0 Å². The molecule has 2 N–H and O–H groups in total. The third-order valence-electron chi connectivity index (χ3n) is 2.66. The van der Waals surface area contributed by atoms with Crippen molar-refractivity contribution < 1.29 is 19.7 Å². The lowest BCUT2D eigenvalue weighted by atomic mass is 9.99. The monoisotopic (exact) mass is 232 g/mol. The van der Waals surface area contributed by atoms with Crippen molar-refractivity contribution in [2.24, 2.45) is 0 Å². The Balaban J connectivity index is 2.75. The molecule has 17 heavy (non-hydrogen) atoms. The SMILES string of the molecule is COc1ccc2ccccc2c1[C@H](O)C(=O)O. The van der Waals surface area contributed by atoms with Crippen LogP contribution in [0, 0.1) is 0 Å². The molecule has 0 radical (unpaired) electrons. The molecular weight excluding hydrogens is 220 g/mol. The molecule has 0 amide bonds. The zero-order chi connectivity index (χ0) is 12.4. The second-order valence-electron chi connectivity index (χ2n) is 3.64. The number of aliphatic hydroxyl groups excluding tert-OH is 1. The van der Waals surface area contributed by atoms with Crippen LogP contribution in [-0.2, 0) is 4.79 Å². The Morgan fingerprint density at radius 1 is 1.24 bits per heavy atom. The molecule has 2 aromatic rings. The third kappa shape index (κ3) is 1.94. The Morgan fingerprint density at radius 3 is 2.59 bits per heavy atom. The van der Waals surface area contributed by atoms with Crippen LogP contribution >= 0.6 is 0 Å². The van der Waals surface area contributed by atoms with Gasteiger partial charge in [0.05, 0.1) is 7.11 Å². The highest BCUT2D eigenvalue weighted by Gasteiger charge is 2.22. The second-order valence-corrected chi connectivity index (χ2v) is 3.64. The fraction of sp³-hybridized carbons (Fsp3) is 0.154. The van der Waals surface area contributed by atoms with Crippen LogP contribution in [0.4, 0.5) is 0 Å². The number of rotatable bonds is 3. The van der Waals surface area contributed by atoms with Gasteiger partial charge in [-0.2, -0.15) is 0 Å². The molecule has 0 fully saturated rings. The van der Waals surface area contributed by atoms with Gasteiger partial charge in [-0.05, 0) is 16.8 Å². The van der Waals surface area contributed by atoms with Crippen molar-refractivity contribution in [3.05, 3.63) is 42.0 Å². The molecule has 0 aliphatic rings. The summed E-state index contributed by atoms with van der Waals surface area (Å²) in [4.78, 5) is 10.9. The molecule has 2 aromatic carbocycles. The minimum absolute atomic E-state index is 0.290. The highest BCUT2D eigenvalue weighted by molar-refractivity contribution is 5.92. The quantitative estimate of drug-likeness (QED) is 0.849. The van der Waals surface area contributed by atoms with Gasteiger partial charge in [-0.25, -0.2) is 4.79 Å². The van der Waals surface area contributed by atoms with Gasteiger partial charge in [0.25, 0.3) is 0 Å². The molecule has 1 atom stereocenters. The molecule has 4 heteroatoms. The number of fused-ring (bicyclic) bond motifs is 1. The van der Waals surface area contributed by atoms with Gasteiger partial charge in [-0.1, -0.05) is 30.3 Å². The first-order chi connectivity index (χ1) is 8.15. The van der Waals surface area contributed by atoms with E-state index in [9.17, 15) is 9.90 Å². The van der Waals surface area contributed by atoms with Crippen molar-refractivity contribution in [3.8, 4) is 5.75 Å². The number of hydrogen-bond donors (Lipinski definition) is 2. The fourth-order valence-electron chi connectivity index (χ4n) is 1.86. The lowest BCUT2D eigenvalue weighted by Gasteiger charge is -2.14. The van der Waals surface area contributed by atoms with Gasteiger partial charge >= 0.3 is 5.97 Å². The molecule has 0 aliphatic heterocycles. The van der Waals surface area contributed by atoms with Crippen LogP contribution in [0.3, 0.4) is 0 Å². The molecule has 0 bridgehead atoms. The van der Waals surface area contributed by atoms with Crippen molar-refractivity contribution in [2.45, 2.75) is 6.10 Å². The minimum atomic E-state index is -1.59. The topological polar surface area (TPSA) is 66.8 Å². The van der Waals surface area contributed by atoms with Crippen LogP contribution in [0.5, 0.6) is 5.75 Å². The average molecular weight is 232 g/mol. The van der Waals surface area contributed by atoms with E-state index < -0.39 is 12.1 Å². The zero-order valence-corrected chi connectivity index (χ0v) is 9.25. The Hall–Kier alpha value is -2.07. The van der Waals surface area contributed by atoms with Crippen molar-refractivity contribution in [2.75, 3.05) is 7.11 Å². The van der Waals surface area contributed by atoms with Crippen LogP contribution in [0.1, 0.15) is 11.7 Å². The van der Waals surface area contributed by atoms with Crippen LogP contribution < -0.4 is 4.74 Å². The number of ether oxygens (including phenoxy) is 1. The predicted octanol–water partition coefficient (Wildman–Crippen LogP) is 1.97. The molecule has 2 rings (SSSR count). The number of carbonyl (C=O) groups is 1. The largest absolute Gasteiger partial charge is 0.496 e. The Morgan fingerprint density at radius 2 is 1.94 bits per heavy atom. The van der Waals surface area contributed by atoms with Crippen LogP contribution in [0.25, 0.3) is 10.8 Å². The van der Waals surface area contributed by atoms with Crippen molar-refractivity contribution in [1.29, 1.82) is 0 Å². The second kappa shape index (κ2) is 4.43. The number of carboxylic acids is 1. The van der Waals surface area contributed by atoms with E-state index in [1.54, 1.807) is 18.2 Å². The highest BCUT2D eigenvalue weighted by Crippen LogP contribution is 2.33. The molecule has 88 valence electrons. The van der Waals surface area contributed by atoms with Gasteiger partial charge in [0.15, 0.2) is 6.10 Å². The molecule has 0 spiro atoms. The Bertz CT molecular complexity index is 562. The molecule has 0 saturated heterocycles. The molecule has 0 heterocycles. The van der Waals surface area contributed by atoms with Crippen molar-refractivity contribution in [3.63, 3.8) is 0 Å². The van der Waals surface area contributed by atoms with Gasteiger partial charge in [-0.3, -0.25) is 0 Å². The summed E-state index contributed by atoms with van der Waals surface area (Å²) in [6, 6.07) is 10.7. The van der Waals surface area contributed by atoms with Crippen LogP contribution in [0.15, 0.2) is 36.4 Å². The third-order valence-corrected chi connectivity index (χ3v) is 2.66. The van der Waals surface area contributed by atoms with E-state index in [-0.39, 0.29) is 5.56 Å². The predicted molar refractivity (Wildman–Crippen MR) is 63.1 cm³/mol. The van der Waals surface area contributed by atoms with Gasteiger partial charge in [0.2, 0.25) is 0 Å². The van der Waals surface area contributed by atoms with Crippen molar-refractivity contribution in [1.82, 2.24) is 0 Å². The Labute approximate surface area is 98.1 Å². The molecule has 0 aliphatic carbocycles. The number of carboxylic acid groups (broad SMARTS) is 1. The summed E-state index contributed by atoms with van der Waals surface area (Å²) in [6.07, 6.45) is -1.59. The number of hydrogen-bond acceptors (Lipinski definition) is 3. The summed E-state index contributed by atoms with van der Waals surface area (Å²) < 4.78 is 5.10. The van der Waals surface area contributed by atoms with E-state index in [1.807, 2.05) is 18.2 Å². The highest BCUT2D eigenvalue weighted by atomic mass is 16.5. The number of methoxy groups -OCH3 is 1. The normalized spacial score (nSPS) is 12.4. The molecule has 0 unspecified atom stereocenters. The van der Waals surface area contributed by atoms with Crippen molar-refractivity contribution >= 4 is 16.7 Å². The lowest BCUT2D eigenvalue weighted by molar-refractivity contribution is -0.146. The van der Waals surface area contributed by atoms with E-state index >= 15 is 0 Å². The summed E-state index contributed by atoms with van der Waals surface area (Å²) in [5.41, 5.74) is 0.290. The molecule has 0 saturated carbocycles. The maximum absolute atomic E-state index is 10.9. The van der Waals surface area contributed by atoms with Crippen LogP contribution in [-0.4, -0.2) is 23.3 Å². The van der Waals surface area contributed by atoms with E-state index in [0.717, 1.165) is 5.39 Å². The summed E-state index contributed by atoms with van der Waals surface area (Å²) in [6.45, 7) is 0. The first kappa shape index (κ1) is 11.4. The summed E-state index contributed by atoms with van der Waals surface area (Å²) >= 11 is 0. The van der Waals surface area contributed by atoms with Crippen LogP contribution in [0.2, 0.25) is 0 Å². The average Bonchev–Trinajstić information content (AvgIpc) is 2.36. The Kier molecular flexibility index (Phi) is 2.97. The van der Waals surface area contributed by atoms with Gasteiger partial charge in [0, 0.05) is 5.56 Å². The van der Waals surface area contributed by atoms with Gasteiger partial charge < -0.3 is 14.9 Å². The number of benzene rings is 2. The summed E-state index contributed by atoms with van der Waals surface area (Å²) in [5, 5.41) is 20.2. The molecular formula is C13H12O4. The van der Waals surface area contributed by atoms with Gasteiger partial charge in [0.1, 0.15) is 5.75 Å². The first-order valence-corrected chi connectivity index (χ1v) is 5.11. The van der Waals surface area contributed by atoms with E-state index in [4.69, 9.17) is 9.84 Å². The number of aliphatic hydroxyl groups is 1. The standard InChI is InChI=1S/C13H12O4/c1-17-10-7-6-8-4-2-3-5-9(8)11(10)12(14)13(15)16/h2-7,12,14H,1H3,(H,15,16)/t12-/m0/s1. The summed E-state index contributed by atoms with van der Waals surface area (Å²) in [7, 11) is 1.45. The molecule has 0 aromatic heterocycles. The smallest absolute Gasteiger partial charge is 0.337 e. The lowest BCUT2D eigenvalue weighted by Crippen LogP contribution is -2.12. The maximum atomic E-state index is 10.9. The number of aliphatic carboxylic acids is 1. The molecule has 4 nitrogen and oxygen atoms in total. The van der Waals surface area contributed by atoms with E-state index in [0.29, 0.717) is 11.1 Å². The summed E-state index contributed by atoms with van der Waals surface area (Å²) in [5.74, 6) is -0.918. The first-order valence-electron chi connectivity index (χ1n) is 5.11. The van der Waals surface area contributed by atoms with E-state index in [1.165, 1.54) is 7.11 Å². The minimum Gasteiger partial charge on any atom is -0.496 e. The maximum Gasteiger partial charge on any atom is 0.337 e. The zero-order valence-electron chi connectivity index (χ0n) is 9.25. The fourth-order valence-corrected chi connectivity index (χ4v) is 1.86. The van der Waals surface area contributed by atoms with E-state index in [2.05, 4.69) is 0 Å².